The molecule has 0 saturated carbocycles. The van der Waals surface area contributed by atoms with E-state index in [4.69, 9.17) is 11.6 Å². The van der Waals surface area contributed by atoms with Crippen LogP contribution in [-0.2, 0) is 29.1 Å². The molecule has 5 heteroatoms. The Balaban J connectivity index is 1.85. The lowest BCUT2D eigenvalue weighted by atomic mass is 10.0. The lowest BCUT2D eigenvalue weighted by molar-refractivity contribution is -0.141. The van der Waals surface area contributed by atoms with Crippen molar-refractivity contribution < 1.29 is 9.59 Å². The van der Waals surface area contributed by atoms with Crippen LogP contribution in [0, 0.1) is 0 Å². The van der Waals surface area contributed by atoms with E-state index in [1.165, 1.54) is 0 Å². The lowest BCUT2D eigenvalue weighted by Crippen LogP contribution is -2.50. The molecule has 0 aliphatic heterocycles. The minimum absolute atomic E-state index is 0.0149. The van der Waals surface area contributed by atoms with Gasteiger partial charge in [0.25, 0.3) is 0 Å². The summed E-state index contributed by atoms with van der Waals surface area (Å²) in [6.45, 7) is 2.75. The van der Waals surface area contributed by atoms with Crippen molar-refractivity contribution in [1.82, 2.24) is 10.2 Å². The first-order valence-electron chi connectivity index (χ1n) is 11.0. The molecule has 0 aliphatic carbocycles. The van der Waals surface area contributed by atoms with Gasteiger partial charge in [-0.15, -0.1) is 0 Å². The normalized spacial score (nSPS) is 11.6. The van der Waals surface area contributed by atoms with E-state index in [0.29, 0.717) is 31.0 Å². The van der Waals surface area contributed by atoms with E-state index in [0.717, 1.165) is 23.1 Å². The monoisotopic (exact) mass is 448 g/mol. The molecule has 0 heterocycles. The lowest BCUT2D eigenvalue weighted by Gasteiger charge is -2.31. The van der Waals surface area contributed by atoms with Gasteiger partial charge in [-0.3, -0.25) is 9.59 Å². The number of benzene rings is 3. The standard InChI is InChI=1S/C27H29ClN2O2/c1-2-9-26(31)30(20-23-12-7-4-8-13-23)25(18-21-10-5-3-6-11-21)27(32)29-19-22-14-16-24(28)17-15-22/h3-8,10-17,25H,2,9,18-20H2,1H3,(H,29,32)/t25-/m0/s1. The van der Waals surface area contributed by atoms with E-state index in [-0.39, 0.29) is 11.8 Å². The molecule has 0 aromatic heterocycles. The molecule has 166 valence electrons. The predicted molar refractivity (Wildman–Crippen MR) is 129 cm³/mol. The van der Waals surface area contributed by atoms with Crippen LogP contribution in [-0.4, -0.2) is 22.8 Å². The number of halogens is 1. The predicted octanol–water partition coefficient (Wildman–Crippen LogP) is 5.40. The van der Waals surface area contributed by atoms with Crippen LogP contribution in [0.15, 0.2) is 84.9 Å². The summed E-state index contributed by atoms with van der Waals surface area (Å²) in [7, 11) is 0. The maximum Gasteiger partial charge on any atom is 0.243 e. The summed E-state index contributed by atoms with van der Waals surface area (Å²) in [5.74, 6) is -0.178. The van der Waals surface area contributed by atoms with Crippen LogP contribution in [0.2, 0.25) is 5.02 Å². The minimum Gasteiger partial charge on any atom is -0.350 e. The summed E-state index contributed by atoms with van der Waals surface area (Å²) in [5, 5.41) is 3.68. The SMILES string of the molecule is CCCC(=O)N(Cc1ccccc1)[C@@H](Cc1ccccc1)C(=O)NCc1ccc(Cl)cc1. The zero-order valence-electron chi connectivity index (χ0n) is 18.3. The molecular weight excluding hydrogens is 420 g/mol. The smallest absolute Gasteiger partial charge is 0.243 e. The number of hydrogen-bond donors (Lipinski definition) is 1. The summed E-state index contributed by atoms with van der Waals surface area (Å²) in [4.78, 5) is 28.2. The van der Waals surface area contributed by atoms with E-state index >= 15 is 0 Å². The molecule has 0 fully saturated rings. The molecule has 0 saturated heterocycles. The Labute approximate surface area is 195 Å². The van der Waals surface area contributed by atoms with Gasteiger partial charge in [0.2, 0.25) is 11.8 Å². The maximum atomic E-state index is 13.4. The van der Waals surface area contributed by atoms with E-state index in [1.807, 2.05) is 79.7 Å². The highest BCUT2D eigenvalue weighted by atomic mass is 35.5. The molecule has 1 N–H and O–H groups in total. The molecule has 0 unspecified atom stereocenters. The second kappa shape index (κ2) is 12.1. The molecule has 0 bridgehead atoms. The van der Waals surface area contributed by atoms with Gasteiger partial charge in [-0.2, -0.15) is 0 Å². The third-order valence-electron chi connectivity index (χ3n) is 5.31. The van der Waals surface area contributed by atoms with E-state index in [1.54, 1.807) is 17.0 Å². The van der Waals surface area contributed by atoms with Gasteiger partial charge in [-0.05, 0) is 35.2 Å². The summed E-state index contributed by atoms with van der Waals surface area (Å²) < 4.78 is 0. The molecule has 0 aliphatic rings. The fraction of sp³-hybridized carbons (Fsp3) is 0.259. The van der Waals surface area contributed by atoms with Gasteiger partial charge < -0.3 is 10.2 Å². The first-order valence-corrected chi connectivity index (χ1v) is 11.3. The molecule has 4 nitrogen and oxygen atoms in total. The van der Waals surface area contributed by atoms with Crippen molar-refractivity contribution in [1.29, 1.82) is 0 Å². The van der Waals surface area contributed by atoms with Gasteiger partial charge >= 0.3 is 0 Å². The van der Waals surface area contributed by atoms with Crippen molar-refractivity contribution in [2.45, 2.75) is 45.3 Å². The van der Waals surface area contributed by atoms with Crippen molar-refractivity contribution >= 4 is 23.4 Å². The van der Waals surface area contributed by atoms with Gasteiger partial charge in [0.05, 0.1) is 0 Å². The Bertz CT molecular complexity index is 991. The first kappa shape index (κ1) is 23.6. The molecule has 3 aromatic carbocycles. The van der Waals surface area contributed by atoms with E-state index < -0.39 is 6.04 Å². The Morgan fingerprint density at radius 3 is 2.03 bits per heavy atom. The number of carbonyl (C=O) groups excluding carboxylic acids is 2. The maximum absolute atomic E-state index is 13.4. The Morgan fingerprint density at radius 1 is 0.844 bits per heavy atom. The zero-order valence-corrected chi connectivity index (χ0v) is 19.1. The van der Waals surface area contributed by atoms with Gasteiger partial charge in [-0.1, -0.05) is 91.3 Å². The number of amides is 2. The number of carbonyl (C=O) groups is 2. The van der Waals surface area contributed by atoms with Crippen LogP contribution < -0.4 is 5.32 Å². The second-order valence-electron chi connectivity index (χ2n) is 7.81. The number of hydrogen-bond acceptors (Lipinski definition) is 2. The summed E-state index contributed by atoms with van der Waals surface area (Å²) in [6.07, 6.45) is 1.59. The fourth-order valence-electron chi connectivity index (χ4n) is 3.60. The quantitative estimate of drug-likeness (QED) is 0.451. The van der Waals surface area contributed by atoms with Crippen LogP contribution in [0.5, 0.6) is 0 Å². The average Bonchev–Trinajstić information content (AvgIpc) is 2.82. The number of rotatable bonds is 10. The summed E-state index contributed by atoms with van der Waals surface area (Å²) in [5.41, 5.74) is 2.97. The zero-order chi connectivity index (χ0) is 22.8. The fourth-order valence-corrected chi connectivity index (χ4v) is 3.73. The molecule has 2 amide bonds. The molecular formula is C27H29ClN2O2. The molecule has 3 aromatic rings. The molecule has 0 radical (unpaired) electrons. The number of nitrogens with zero attached hydrogens (tertiary/aromatic N) is 1. The minimum atomic E-state index is -0.607. The molecule has 0 spiro atoms. The van der Waals surface area contributed by atoms with Gasteiger partial charge in [0.1, 0.15) is 6.04 Å². The topological polar surface area (TPSA) is 49.4 Å². The average molecular weight is 449 g/mol. The van der Waals surface area contributed by atoms with Gasteiger partial charge in [-0.25, -0.2) is 0 Å². The van der Waals surface area contributed by atoms with Crippen molar-refractivity contribution in [2.75, 3.05) is 0 Å². The highest BCUT2D eigenvalue weighted by molar-refractivity contribution is 6.30. The van der Waals surface area contributed by atoms with Gasteiger partial charge in [0.15, 0.2) is 0 Å². The van der Waals surface area contributed by atoms with Crippen LogP contribution >= 0.6 is 11.6 Å². The van der Waals surface area contributed by atoms with Crippen molar-refractivity contribution in [3.05, 3.63) is 107 Å². The highest BCUT2D eigenvalue weighted by Gasteiger charge is 2.29. The van der Waals surface area contributed by atoms with E-state index in [2.05, 4.69) is 5.32 Å². The molecule has 1 atom stereocenters. The van der Waals surface area contributed by atoms with Crippen molar-refractivity contribution in [3.8, 4) is 0 Å². The van der Waals surface area contributed by atoms with Crippen LogP contribution in [0.4, 0.5) is 0 Å². The third kappa shape index (κ3) is 6.96. The third-order valence-corrected chi connectivity index (χ3v) is 5.56. The van der Waals surface area contributed by atoms with Crippen LogP contribution in [0.1, 0.15) is 36.5 Å². The first-order chi connectivity index (χ1) is 15.6. The van der Waals surface area contributed by atoms with Crippen molar-refractivity contribution in [2.24, 2.45) is 0 Å². The Morgan fingerprint density at radius 2 is 1.44 bits per heavy atom. The molecule has 3 rings (SSSR count). The molecule has 32 heavy (non-hydrogen) atoms. The van der Waals surface area contributed by atoms with Crippen LogP contribution in [0.3, 0.4) is 0 Å². The number of nitrogens with one attached hydrogen (secondary N) is 1. The van der Waals surface area contributed by atoms with E-state index in [9.17, 15) is 9.59 Å². The van der Waals surface area contributed by atoms with Crippen LogP contribution in [0.25, 0.3) is 0 Å². The second-order valence-corrected chi connectivity index (χ2v) is 8.24. The highest BCUT2D eigenvalue weighted by Crippen LogP contribution is 2.17. The summed E-state index contributed by atoms with van der Waals surface area (Å²) >= 11 is 5.97. The van der Waals surface area contributed by atoms with Crippen molar-refractivity contribution in [3.63, 3.8) is 0 Å². The Kier molecular flexibility index (Phi) is 8.88. The largest absolute Gasteiger partial charge is 0.350 e. The van der Waals surface area contributed by atoms with Gasteiger partial charge in [0, 0.05) is 31.0 Å². The Hall–Kier alpha value is -3.11. The summed E-state index contributed by atoms with van der Waals surface area (Å²) in [6, 6.07) is 26.4.